The highest BCUT2D eigenvalue weighted by Gasteiger charge is 2.14. The third-order valence-electron chi connectivity index (χ3n) is 2.25. The van der Waals surface area contributed by atoms with Crippen molar-refractivity contribution in [3.63, 3.8) is 0 Å². The summed E-state index contributed by atoms with van der Waals surface area (Å²) in [4.78, 5) is 11.2. The van der Waals surface area contributed by atoms with Gasteiger partial charge in [-0.2, -0.15) is 0 Å². The average molecular weight is 241 g/mol. The summed E-state index contributed by atoms with van der Waals surface area (Å²) in [6, 6.07) is 3.54. The molecule has 5 heteroatoms. The maximum absolute atomic E-state index is 13.2. The van der Waals surface area contributed by atoms with E-state index in [1.54, 1.807) is 13.0 Å². The normalized spacial score (nSPS) is 12.0. The highest BCUT2D eigenvalue weighted by molar-refractivity contribution is 5.70. The van der Waals surface area contributed by atoms with E-state index in [1.807, 2.05) is 0 Å². The van der Waals surface area contributed by atoms with Crippen LogP contribution in [0.4, 0.5) is 4.39 Å². The fraction of sp³-hybridized carbons (Fsp3) is 0.417. The van der Waals surface area contributed by atoms with Crippen LogP contribution in [0.15, 0.2) is 18.2 Å². The van der Waals surface area contributed by atoms with Gasteiger partial charge in [0, 0.05) is 12.1 Å². The van der Waals surface area contributed by atoms with Crippen LogP contribution in [0, 0.1) is 5.82 Å². The molecule has 17 heavy (non-hydrogen) atoms. The van der Waals surface area contributed by atoms with Gasteiger partial charge in [-0.1, -0.05) is 0 Å². The van der Waals surface area contributed by atoms with E-state index in [9.17, 15) is 9.18 Å². The lowest BCUT2D eigenvalue weighted by Gasteiger charge is -2.12. The molecule has 1 atom stereocenters. The first kappa shape index (κ1) is 13.4. The van der Waals surface area contributed by atoms with Gasteiger partial charge in [-0.15, -0.1) is 0 Å². The Morgan fingerprint density at radius 2 is 2.18 bits per heavy atom. The van der Waals surface area contributed by atoms with Crippen LogP contribution >= 0.6 is 0 Å². The molecular formula is C12H16FNO3. The highest BCUT2D eigenvalue weighted by atomic mass is 19.1. The number of benzene rings is 1. The zero-order chi connectivity index (χ0) is 12.8. The Labute approximate surface area is 99.5 Å². The van der Waals surface area contributed by atoms with E-state index in [-0.39, 0.29) is 6.42 Å². The Kier molecular flexibility index (Phi) is 4.90. The van der Waals surface area contributed by atoms with Gasteiger partial charge in [-0.05, 0) is 24.6 Å². The van der Waals surface area contributed by atoms with Crippen molar-refractivity contribution in [1.82, 2.24) is 0 Å². The summed E-state index contributed by atoms with van der Waals surface area (Å²) in [5, 5.41) is 0. The predicted molar refractivity (Wildman–Crippen MR) is 61.1 cm³/mol. The highest BCUT2D eigenvalue weighted by Crippen LogP contribution is 2.22. The van der Waals surface area contributed by atoms with Crippen molar-refractivity contribution in [2.45, 2.75) is 19.4 Å². The largest absolute Gasteiger partial charge is 0.497 e. The molecule has 1 aromatic carbocycles. The Morgan fingerprint density at radius 3 is 2.76 bits per heavy atom. The number of esters is 1. The van der Waals surface area contributed by atoms with Gasteiger partial charge in [-0.25, -0.2) is 4.39 Å². The van der Waals surface area contributed by atoms with Crippen LogP contribution in [0.5, 0.6) is 5.75 Å². The van der Waals surface area contributed by atoms with Crippen LogP contribution in [0.25, 0.3) is 0 Å². The van der Waals surface area contributed by atoms with Crippen molar-refractivity contribution in [2.75, 3.05) is 13.7 Å². The number of carbonyl (C=O) groups is 1. The lowest BCUT2D eigenvalue weighted by molar-refractivity contribution is -0.143. The topological polar surface area (TPSA) is 61.5 Å². The van der Waals surface area contributed by atoms with E-state index in [1.165, 1.54) is 19.2 Å². The third-order valence-corrected chi connectivity index (χ3v) is 2.25. The summed E-state index contributed by atoms with van der Waals surface area (Å²) in [7, 11) is 1.44. The van der Waals surface area contributed by atoms with E-state index >= 15 is 0 Å². The lowest BCUT2D eigenvalue weighted by atomic mass is 10.0. The maximum atomic E-state index is 13.2. The minimum atomic E-state index is -0.598. The van der Waals surface area contributed by atoms with E-state index in [0.29, 0.717) is 17.9 Å². The first-order valence-electron chi connectivity index (χ1n) is 5.32. The molecule has 0 radical (unpaired) electrons. The maximum Gasteiger partial charge on any atom is 0.307 e. The Morgan fingerprint density at radius 1 is 1.47 bits per heavy atom. The zero-order valence-electron chi connectivity index (χ0n) is 9.90. The standard InChI is InChI=1S/C12H16FNO3/c1-3-17-12(15)7-11(14)8-4-9(13)6-10(5-8)16-2/h4-6,11H,3,7,14H2,1-2H3/t11-/m1/s1. The first-order chi connectivity index (χ1) is 8.06. The van der Waals surface area contributed by atoms with Crippen LogP contribution in [0.1, 0.15) is 24.9 Å². The monoisotopic (exact) mass is 241 g/mol. The molecule has 1 rings (SSSR count). The number of hydrogen-bond donors (Lipinski definition) is 1. The minimum absolute atomic E-state index is 0.0143. The molecule has 0 aliphatic heterocycles. The molecule has 0 saturated carbocycles. The summed E-state index contributed by atoms with van der Waals surface area (Å²) in [5.74, 6) is -0.471. The molecule has 0 heterocycles. The number of hydrogen-bond acceptors (Lipinski definition) is 4. The quantitative estimate of drug-likeness (QED) is 0.798. The molecule has 0 amide bonds. The van der Waals surface area contributed by atoms with Crippen LogP contribution in [-0.4, -0.2) is 19.7 Å². The molecule has 0 saturated heterocycles. The summed E-state index contributed by atoms with van der Waals surface area (Å²) in [5.41, 5.74) is 6.30. The van der Waals surface area contributed by atoms with Gasteiger partial charge >= 0.3 is 5.97 Å². The van der Waals surface area contributed by atoms with Gasteiger partial charge in [0.15, 0.2) is 0 Å². The van der Waals surface area contributed by atoms with Crippen molar-refractivity contribution in [1.29, 1.82) is 0 Å². The number of ether oxygens (including phenoxy) is 2. The molecule has 4 nitrogen and oxygen atoms in total. The zero-order valence-corrected chi connectivity index (χ0v) is 9.90. The van der Waals surface area contributed by atoms with Crippen molar-refractivity contribution in [2.24, 2.45) is 5.73 Å². The molecule has 0 unspecified atom stereocenters. The Balaban J connectivity index is 2.77. The van der Waals surface area contributed by atoms with Crippen LogP contribution in [-0.2, 0) is 9.53 Å². The summed E-state index contributed by atoms with van der Waals surface area (Å²) >= 11 is 0. The van der Waals surface area contributed by atoms with E-state index in [4.69, 9.17) is 15.2 Å². The average Bonchev–Trinajstić information content (AvgIpc) is 2.28. The predicted octanol–water partition coefficient (Wildman–Crippen LogP) is 1.79. The number of carbonyl (C=O) groups excluding carboxylic acids is 1. The van der Waals surface area contributed by atoms with Gasteiger partial charge in [0.25, 0.3) is 0 Å². The van der Waals surface area contributed by atoms with E-state index in [2.05, 4.69) is 0 Å². The molecule has 94 valence electrons. The molecule has 0 fully saturated rings. The van der Waals surface area contributed by atoms with Crippen LogP contribution in [0.2, 0.25) is 0 Å². The molecular weight excluding hydrogens is 225 g/mol. The second-order valence-electron chi connectivity index (χ2n) is 3.54. The van der Waals surface area contributed by atoms with E-state index < -0.39 is 17.8 Å². The van der Waals surface area contributed by atoms with Crippen LogP contribution < -0.4 is 10.5 Å². The lowest BCUT2D eigenvalue weighted by Crippen LogP contribution is -2.17. The van der Waals surface area contributed by atoms with Crippen molar-refractivity contribution in [3.8, 4) is 5.75 Å². The molecule has 0 aliphatic rings. The molecule has 0 aromatic heterocycles. The number of nitrogens with two attached hydrogens (primary N) is 1. The van der Waals surface area contributed by atoms with Gasteiger partial charge < -0.3 is 15.2 Å². The van der Waals surface area contributed by atoms with E-state index in [0.717, 1.165) is 0 Å². The number of rotatable bonds is 5. The molecule has 2 N–H and O–H groups in total. The minimum Gasteiger partial charge on any atom is -0.497 e. The number of methoxy groups -OCH3 is 1. The fourth-order valence-corrected chi connectivity index (χ4v) is 1.43. The summed E-state index contributed by atoms with van der Waals surface area (Å²) in [6.45, 7) is 2.02. The molecule has 0 bridgehead atoms. The van der Waals surface area contributed by atoms with Crippen molar-refractivity contribution >= 4 is 5.97 Å². The summed E-state index contributed by atoms with van der Waals surface area (Å²) in [6.07, 6.45) is 0.0143. The fourth-order valence-electron chi connectivity index (χ4n) is 1.43. The Hall–Kier alpha value is -1.62. The smallest absolute Gasteiger partial charge is 0.307 e. The van der Waals surface area contributed by atoms with Crippen molar-refractivity contribution < 1.29 is 18.7 Å². The molecule has 1 aromatic rings. The molecule has 0 spiro atoms. The molecule has 0 aliphatic carbocycles. The van der Waals surface area contributed by atoms with Gasteiger partial charge in [0.05, 0.1) is 20.1 Å². The number of halogens is 1. The van der Waals surface area contributed by atoms with Gasteiger partial charge in [0.1, 0.15) is 11.6 Å². The second kappa shape index (κ2) is 6.20. The van der Waals surface area contributed by atoms with Crippen molar-refractivity contribution in [3.05, 3.63) is 29.6 Å². The Bertz CT molecular complexity index is 395. The first-order valence-corrected chi connectivity index (χ1v) is 5.32. The summed E-state index contributed by atoms with van der Waals surface area (Å²) < 4.78 is 22.9. The van der Waals surface area contributed by atoms with Gasteiger partial charge in [0.2, 0.25) is 0 Å². The SMILES string of the molecule is CCOC(=O)C[C@@H](N)c1cc(F)cc(OC)c1. The third kappa shape index (κ3) is 4.03. The van der Waals surface area contributed by atoms with Gasteiger partial charge in [-0.3, -0.25) is 4.79 Å². The van der Waals surface area contributed by atoms with Crippen LogP contribution in [0.3, 0.4) is 0 Å². The second-order valence-corrected chi connectivity index (χ2v) is 3.54.